The molecule has 6 heteroatoms. The number of nitrogens with zero attached hydrogens (tertiary/aromatic N) is 4. The van der Waals surface area contributed by atoms with Gasteiger partial charge in [0.1, 0.15) is 11.4 Å². The summed E-state index contributed by atoms with van der Waals surface area (Å²) in [4.78, 5) is 21.3. The lowest BCUT2D eigenvalue weighted by Crippen LogP contribution is -2.15. The van der Waals surface area contributed by atoms with E-state index in [-0.39, 0.29) is 17.5 Å². The standard InChI is InChI=1S/C15H13ClN4O/c1-9(2)20-14(10(16)7-18-20)15(21)13-8-17-11-5-3-4-6-12(11)19-13/h3-9H,1-2H3. The van der Waals surface area contributed by atoms with Gasteiger partial charge in [-0.05, 0) is 26.0 Å². The molecule has 0 saturated heterocycles. The molecule has 0 atom stereocenters. The number of benzene rings is 1. The normalized spacial score (nSPS) is 11.2. The first-order valence-electron chi connectivity index (χ1n) is 6.57. The average molecular weight is 301 g/mol. The monoisotopic (exact) mass is 300 g/mol. The van der Waals surface area contributed by atoms with Gasteiger partial charge in [-0.15, -0.1) is 0 Å². The van der Waals surface area contributed by atoms with Gasteiger partial charge in [-0.3, -0.25) is 14.5 Å². The molecule has 0 unspecified atom stereocenters. The van der Waals surface area contributed by atoms with Crippen LogP contribution in [0.25, 0.3) is 11.0 Å². The van der Waals surface area contributed by atoms with Crippen LogP contribution in [0.1, 0.15) is 36.1 Å². The van der Waals surface area contributed by atoms with Crippen molar-refractivity contribution >= 4 is 28.4 Å². The van der Waals surface area contributed by atoms with Gasteiger partial charge in [0.2, 0.25) is 5.78 Å². The summed E-state index contributed by atoms with van der Waals surface area (Å²) in [6.07, 6.45) is 2.95. The summed E-state index contributed by atoms with van der Waals surface area (Å²) >= 11 is 6.10. The van der Waals surface area contributed by atoms with Gasteiger partial charge in [-0.1, -0.05) is 23.7 Å². The highest BCUT2D eigenvalue weighted by Gasteiger charge is 2.22. The van der Waals surface area contributed by atoms with Gasteiger partial charge < -0.3 is 0 Å². The number of para-hydroxylation sites is 2. The minimum atomic E-state index is -0.274. The Labute approximate surface area is 126 Å². The van der Waals surface area contributed by atoms with Gasteiger partial charge in [0.05, 0.1) is 28.4 Å². The molecule has 0 bridgehead atoms. The Hall–Kier alpha value is -2.27. The number of aromatic nitrogens is 4. The Balaban J connectivity index is 2.10. The van der Waals surface area contributed by atoms with Crippen molar-refractivity contribution < 1.29 is 4.79 Å². The summed E-state index contributed by atoms with van der Waals surface area (Å²) in [5.74, 6) is -0.274. The number of carbonyl (C=O) groups is 1. The molecule has 0 aliphatic rings. The quantitative estimate of drug-likeness (QED) is 0.696. The maximum Gasteiger partial charge on any atom is 0.232 e. The van der Waals surface area contributed by atoms with Crippen molar-refractivity contribution in [2.24, 2.45) is 0 Å². The Bertz CT molecular complexity index is 825. The van der Waals surface area contributed by atoms with E-state index in [2.05, 4.69) is 15.1 Å². The summed E-state index contributed by atoms with van der Waals surface area (Å²) in [6, 6.07) is 7.44. The second-order valence-corrected chi connectivity index (χ2v) is 5.36. The van der Waals surface area contributed by atoms with Gasteiger partial charge in [-0.25, -0.2) is 4.98 Å². The average Bonchev–Trinajstić information content (AvgIpc) is 2.88. The topological polar surface area (TPSA) is 60.7 Å². The number of hydrogen-bond donors (Lipinski definition) is 0. The van der Waals surface area contributed by atoms with Gasteiger partial charge in [0.15, 0.2) is 0 Å². The van der Waals surface area contributed by atoms with Crippen LogP contribution in [0.5, 0.6) is 0 Å². The van der Waals surface area contributed by atoms with Crippen LogP contribution >= 0.6 is 11.6 Å². The third kappa shape index (κ3) is 2.40. The van der Waals surface area contributed by atoms with Crippen molar-refractivity contribution in [3.63, 3.8) is 0 Å². The smallest absolute Gasteiger partial charge is 0.232 e. The maximum absolute atomic E-state index is 12.6. The van der Waals surface area contributed by atoms with Crippen LogP contribution in [0, 0.1) is 0 Å². The second-order valence-electron chi connectivity index (χ2n) is 4.95. The Morgan fingerprint density at radius 3 is 2.62 bits per heavy atom. The van der Waals surface area contributed by atoms with Crippen molar-refractivity contribution in [3.8, 4) is 0 Å². The highest BCUT2D eigenvalue weighted by Crippen LogP contribution is 2.22. The number of rotatable bonds is 3. The number of fused-ring (bicyclic) bond motifs is 1. The molecule has 3 aromatic rings. The highest BCUT2D eigenvalue weighted by molar-refractivity contribution is 6.34. The summed E-state index contributed by atoms with van der Waals surface area (Å²) in [5, 5.41) is 4.46. The SMILES string of the molecule is CC(C)n1ncc(Cl)c1C(=O)c1cnc2ccccc2n1. The third-order valence-electron chi connectivity index (χ3n) is 3.14. The van der Waals surface area contributed by atoms with E-state index >= 15 is 0 Å². The third-order valence-corrected chi connectivity index (χ3v) is 3.41. The molecule has 5 nitrogen and oxygen atoms in total. The molecule has 3 rings (SSSR count). The summed E-state index contributed by atoms with van der Waals surface area (Å²) < 4.78 is 1.60. The van der Waals surface area contributed by atoms with Crippen molar-refractivity contribution in [2.75, 3.05) is 0 Å². The van der Waals surface area contributed by atoms with Gasteiger partial charge >= 0.3 is 0 Å². The highest BCUT2D eigenvalue weighted by atomic mass is 35.5. The fraction of sp³-hybridized carbons (Fsp3) is 0.200. The fourth-order valence-corrected chi connectivity index (χ4v) is 2.35. The lowest BCUT2D eigenvalue weighted by atomic mass is 10.2. The summed E-state index contributed by atoms with van der Waals surface area (Å²) in [7, 11) is 0. The number of carbonyl (C=O) groups excluding carboxylic acids is 1. The van der Waals surface area contributed by atoms with Gasteiger partial charge in [-0.2, -0.15) is 5.10 Å². The zero-order valence-corrected chi connectivity index (χ0v) is 12.4. The van der Waals surface area contributed by atoms with E-state index in [9.17, 15) is 4.79 Å². The van der Waals surface area contributed by atoms with E-state index in [0.717, 1.165) is 5.52 Å². The molecule has 106 valence electrons. The van der Waals surface area contributed by atoms with Gasteiger partial charge in [0.25, 0.3) is 0 Å². The number of hydrogen-bond acceptors (Lipinski definition) is 4. The molecule has 0 radical (unpaired) electrons. The molecular formula is C15H13ClN4O. The number of ketones is 1. The van der Waals surface area contributed by atoms with Crippen LogP contribution in [0.3, 0.4) is 0 Å². The van der Waals surface area contributed by atoms with Crippen LogP contribution in [-0.4, -0.2) is 25.5 Å². The van der Waals surface area contributed by atoms with E-state index in [1.807, 2.05) is 38.1 Å². The fourth-order valence-electron chi connectivity index (χ4n) is 2.13. The van der Waals surface area contributed by atoms with E-state index in [4.69, 9.17) is 11.6 Å². The summed E-state index contributed by atoms with van der Waals surface area (Å²) in [5.41, 5.74) is 2.03. The maximum atomic E-state index is 12.6. The minimum Gasteiger partial charge on any atom is -0.285 e. The first-order chi connectivity index (χ1) is 10.1. The molecule has 1 aromatic carbocycles. The van der Waals surface area contributed by atoms with Crippen LogP contribution in [0.15, 0.2) is 36.7 Å². The van der Waals surface area contributed by atoms with Crippen molar-refractivity contribution in [1.29, 1.82) is 0 Å². The molecule has 0 spiro atoms. The van der Waals surface area contributed by atoms with Crippen LogP contribution in [0.4, 0.5) is 0 Å². The predicted octanol–water partition coefficient (Wildman–Crippen LogP) is 3.29. The van der Waals surface area contributed by atoms with Crippen LogP contribution in [0.2, 0.25) is 5.02 Å². The van der Waals surface area contributed by atoms with E-state index < -0.39 is 0 Å². The van der Waals surface area contributed by atoms with Crippen LogP contribution < -0.4 is 0 Å². The van der Waals surface area contributed by atoms with Crippen molar-refractivity contribution in [2.45, 2.75) is 19.9 Å². The number of halogens is 1. The van der Waals surface area contributed by atoms with E-state index in [1.54, 1.807) is 4.68 Å². The largest absolute Gasteiger partial charge is 0.285 e. The molecule has 0 fully saturated rings. The molecule has 0 aliphatic heterocycles. The lowest BCUT2D eigenvalue weighted by molar-refractivity contribution is 0.102. The molecule has 21 heavy (non-hydrogen) atoms. The zero-order valence-electron chi connectivity index (χ0n) is 11.6. The first kappa shape index (κ1) is 13.7. The molecular weight excluding hydrogens is 288 g/mol. The second kappa shape index (κ2) is 5.26. The predicted molar refractivity (Wildman–Crippen MR) is 80.6 cm³/mol. The Kier molecular flexibility index (Phi) is 3.43. The first-order valence-corrected chi connectivity index (χ1v) is 6.95. The van der Waals surface area contributed by atoms with Gasteiger partial charge in [0, 0.05) is 6.04 Å². The van der Waals surface area contributed by atoms with E-state index in [0.29, 0.717) is 16.2 Å². The van der Waals surface area contributed by atoms with Crippen molar-refractivity contribution in [1.82, 2.24) is 19.7 Å². The minimum absolute atomic E-state index is 0.0323. The zero-order chi connectivity index (χ0) is 15.0. The molecule has 0 amide bonds. The Morgan fingerprint density at radius 2 is 1.90 bits per heavy atom. The Morgan fingerprint density at radius 1 is 1.19 bits per heavy atom. The molecule has 0 N–H and O–H groups in total. The van der Waals surface area contributed by atoms with E-state index in [1.165, 1.54) is 12.4 Å². The van der Waals surface area contributed by atoms with Crippen molar-refractivity contribution in [3.05, 3.63) is 53.1 Å². The lowest BCUT2D eigenvalue weighted by Gasteiger charge is -2.10. The molecule has 0 aliphatic carbocycles. The molecule has 2 heterocycles. The van der Waals surface area contributed by atoms with Crippen LogP contribution in [-0.2, 0) is 0 Å². The molecule has 0 saturated carbocycles. The molecule has 2 aromatic heterocycles. The summed E-state index contributed by atoms with van der Waals surface area (Å²) in [6.45, 7) is 3.87.